The van der Waals surface area contributed by atoms with Crippen LogP contribution >= 0.6 is 11.8 Å². The Bertz CT molecular complexity index is 1210. The predicted octanol–water partition coefficient (Wildman–Crippen LogP) is 3.59. The zero-order chi connectivity index (χ0) is 25.5. The van der Waals surface area contributed by atoms with E-state index in [9.17, 15) is 19.7 Å². The fourth-order valence-electron chi connectivity index (χ4n) is 3.28. The van der Waals surface area contributed by atoms with Crippen LogP contribution in [0.3, 0.4) is 0 Å². The lowest BCUT2D eigenvalue weighted by Crippen LogP contribution is -2.33. The molecule has 3 rings (SSSR count). The molecule has 0 spiro atoms. The molecule has 0 aliphatic rings. The normalized spacial score (nSPS) is 11.7. The highest BCUT2D eigenvalue weighted by molar-refractivity contribution is 7.99. The van der Waals surface area contributed by atoms with Gasteiger partial charge >= 0.3 is 0 Å². The summed E-state index contributed by atoms with van der Waals surface area (Å²) in [5, 5.41) is 25.8. The highest BCUT2D eigenvalue weighted by Gasteiger charge is 2.25. The summed E-state index contributed by atoms with van der Waals surface area (Å²) in [5.41, 5.74) is 0.348. The van der Waals surface area contributed by atoms with Gasteiger partial charge in [-0.25, -0.2) is 0 Å². The van der Waals surface area contributed by atoms with E-state index >= 15 is 0 Å². The molecule has 0 unspecified atom stereocenters. The van der Waals surface area contributed by atoms with Crippen LogP contribution < -0.4 is 15.4 Å². The Morgan fingerprint density at radius 1 is 1.17 bits per heavy atom. The number of carbonyl (C=O) groups excluding carboxylic acids is 2. The van der Waals surface area contributed by atoms with Gasteiger partial charge in [-0.05, 0) is 30.2 Å². The number of anilines is 1. The molecule has 2 amide bonds. The van der Waals surface area contributed by atoms with Crippen molar-refractivity contribution in [3.8, 4) is 5.75 Å². The monoisotopic (exact) mass is 498 g/mol. The van der Waals surface area contributed by atoms with Gasteiger partial charge in [-0.1, -0.05) is 43.8 Å². The standard InChI is InChI=1S/C23H26N6O5S/c1-14(2)20(25-22(31)15-8-6-5-7-9-15)21-26-27-23(28(21)3)35-13-19(30)24-17-11-10-16(34-4)12-18(17)29(32)33/h5-12,14,20H,13H2,1-4H3,(H,24,30)(H,25,31)/t20-/m0/s1. The summed E-state index contributed by atoms with van der Waals surface area (Å²) in [6.45, 7) is 3.93. The molecule has 1 aromatic heterocycles. The summed E-state index contributed by atoms with van der Waals surface area (Å²) < 4.78 is 6.73. The molecule has 2 aromatic carbocycles. The van der Waals surface area contributed by atoms with Crippen molar-refractivity contribution in [1.82, 2.24) is 20.1 Å². The molecule has 1 atom stereocenters. The molecule has 3 aromatic rings. The molecular formula is C23H26N6O5S. The molecule has 0 saturated heterocycles. The SMILES string of the molecule is COc1ccc(NC(=O)CSc2nnc([C@@H](NC(=O)c3ccccc3)C(C)C)n2C)c([N+](=O)[O-])c1. The third-order valence-corrected chi connectivity index (χ3v) is 6.16. The minimum atomic E-state index is -0.587. The van der Waals surface area contributed by atoms with Crippen LogP contribution in [-0.2, 0) is 11.8 Å². The Morgan fingerprint density at radius 2 is 1.89 bits per heavy atom. The number of nitrogens with zero attached hydrogens (tertiary/aromatic N) is 4. The molecule has 0 fully saturated rings. The summed E-state index contributed by atoms with van der Waals surface area (Å²) in [6.07, 6.45) is 0. The fraction of sp³-hybridized carbons (Fsp3) is 0.304. The largest absolute Gasteiger partial charge is 0.496 e. The topological polar surface area (TPSA) is 141 Å². The molecular weight excluding hydrogens is 472 g/mol. The maximum Gasteiger partial charge on any atom is 0.296 e. The molecule has 11 nitrogen and oxygen atoms in total. The number of amides is 2. The summed E-state index contributed by atoms with van der Waals surface area (Å²) in [4.78, 5) is 35.9. The van der Waals surface area contributed by atoms with Crippen molar-refractivity contribution in [3.63, 3.8) is 0 Å². The summed E-state index contributed by atoms with van der Waals surface area (Å²) in [6, 6.07) is 12.7. The van der Waals surface area contributed by atoms with Crippen molar-refractivity contribution in [1.29, 1.82) is 0 Å². The molecule has 0 radical (unpaired) electrons. The van der Waals surface area contributed by atoms with Crippen LogP contribution in [0.1, 0.15) is 36.1 Å². The minimum Gasteiger partial charge on any atom is -0.496 e. The first-order chi connectivity index (χ1) is 16.7. The number of carbonyl (C=O) groups is 2. The van der Waals surface area contributed by atoms with E-state index in [1.165, 1.54) is 25.3 Å². The molecule has 0 bridgehead atoms. The van der Waals surface area contributed by atoms with Crippen molar-refractivity contribution in [2.24, 2.45) is 13.0 Å². The number of ether oxygens (including phenoxy) is 1. The zero-order valence-corrected chi connectivity index (χ0v) is 20.5. The molecule has 0 saturated carbocycles. The van der Waals surface area contributed by atoms with Gasteiger partial charge in [0.05, 0.1) is 29.9 Å². The lowest BCUT2D eigenvalue weighted by Gasteiger charge is -2.21. The number of benzene rings is 2. The second-order valence-corrected chi connectivity index (χ2v) is 8.88. The van der Waals surface area contributed by atoms with Crippen molar-refractivity contribution < 1.29 is 19.2 Å². The molecule has 0 aliphatic heterocycles. The maximum atomic E-state index is 12.7. The van der Waals surface area contributed by atoms with E-state index in [1.807, 2.05) is 19.9 Å². The number of rotatable bonds is 10. The van der Waals surface area contributed by atoms with Gasteiger partial charge in [-0.15, -0.1) is 10.2 Å². The van der Waals surface area contributed by atoms with E-state index in [1.54, 1.807) is 35.9 Å². The summed E-state index contributed by atoms with van der Waals surface area (Å²) in [7, 11) is 3.16. The number of thioether (sulfide) groups is 1. The highest BCUT2D eigenvalue weighted by atomic mass is 32.2. The van der Waals surface area contributed by atoms with E-state index in [0.717, 1.165) is 11.8 Å². The Balaban J connectivity index is 1.68. The van der Waals surface area contributed by atoms with E-state index in [4.69, 9.17) is 4.74 Å². The number of hydrogen-bond acceptors (Lipinski definition) is 8. The van der Waals surface area contributed by atoms with Crippen LogP contribution in [0.2, 0.25) is 0 Å². The van der Waals surface area contributed by atoms with E-state index in [0.29, 0.717) is 22.3 Å². The number of nitro benzene ring substituents is 1. The number of hydrogen-bond donors (Lipinski definition) is 2. The van der Waals surface area contributed by atoms with Crippen LogP contribution in [0.15, 0.2) is 53.7 Å². The molecule has 12 heteroatoms. The van der Waals surface area contributed by atoms with Crippen molar-refractivity contribution in [2.75, 3.05) is 18.2 Å². The smallest absolute Gasteiger partial charge is 0.296 e. The maximum absolute atomic E-state index is 12.7. The fourth-order valence-corrected chi connectivity index (χ4v) is 4.00. The van der Waals surface area contributed by atoms with Gasteiger partial charge < -0.3 is 19.9 Å². The van der Waals surface area contributed by atoms with Crippen LogP contribution in [0.5, 0.6) is 5.75 Å². The van der Waals surface area contributed by atoms with Crippen LogP contribution in [0.25, 0.3) is 0 Å². The summed E-state index contributed by atoms with van der Waals surface area (Å²) in [5.74, 6) is 0.195. The predicted molar refractivity (Wildman–Crippen MR) is 131 cm³/mol. The Morgan fingerprint density at radius 3 is 2.51 bits per heavy atom. The number of nitrogens with one attached hydrogen (secondary N) is 2. The Kier molecular flexibility index (Phi) is 8.42. The first-order valence-electron chi connectivity index (χ1n) is 10.7. The molecule has 184 valence electrons. The van der Waals surface area contributed by atoms with Gasteiger partial charge in [-0.2, -0.15) is 0 Å². The van der Waals surface area contributed by atoms with Crippen molar-refractivity contribution in [2.45, 2.75) is 25.0 Å². The van der Waals surface area contributed by atoms with E-state index < -0.39 is 16.9 Å². The van der Waals surface area contributed by atoms with Gasteiger partial charge in [0.25, 0.3) is 11.6 Å². The van der Waals surface area contributed by atoms with Gasteiger partial charge in [-0.3, -0.25) is 19.7 Å². The number of methoxy groups -OCH3 is 1. The first kappa shape index (κ1) is 25.7. The number of nitro groups is 1. The zero-order valence-electron chi connectivity index (χ0n) is 19.7. The highest BCUT2D eigenvalue weighted by Crippen LogP contribution is 2.29. The number of aromatic nitrogens is 3. The average molecular weight is 499 g/mol. The first-order valence-corrected chi connectivity index (χ1v) is 11.7. The quantitative estimate of drug-likeness (QED) is 0.245. The average Bonchev–Trinajstić information content (AvgIpc) is 3.21. The lowest BCUT2D eigenvalue weighted by molar-refractivity contribution is -0.384. The summed E-state index contributed by atoms with van der Waals surface area (Å²) >= 11 is 1.13. The van der Waals surface area contributed by atoms with Crippen LogP contribution in [0.4, 0.5) is 11.4 Å². The molecule has 2 N–H and O–H groups in total. The minimum absolute atomic E-state index is 0.0299. The van der Waals surface area contributed by atoms with Crippen LogP contribution in [0, 0.1) is 16.0 Å². The Hall–Kier alpha value is -3.93. The van der Waals surface area contributed by atoms with Gasteiger partial charge in [0.15, 0.2) is 11.0 Å². The molecule has 1 heterocycles. The lowest BCUT2D eigenvalue weighted by atomic mass is 10.0. The molecule has 0 aliphatic carbocycles. The van der Waals surface area contributed by atoms with E-state index in [-0.39, 0.29) is 29.0 Å². The Labute approximate surface area is 206 Å². The molecule has 35 heavy (non-hydrogen) atoms. The second-order valence-electron chi connectivity index (χ2n) is 7.94. The van der Waals surface area contributed by atoms with Gasteiger partial charge in [0.2, 0.25) is 5.91 Å². The third kappa shape index (κ3) is 6.35. The van der Waals surface area contributed by atoms with E-state index in [2.05, 4.69) is 20.8 Å². The van der Waals surface area contributed by atoms with Crippen LogP contribution in [-0.4, -0.2) is 44.4 Å². The van der Waals surface area contributed by atoms with Gasteiger partial charge in [0.1, 0.15) is 11.4 Å². The second kappa shape index (κ2) is 11.5. The van der Waals surface area contributed by atoms with Crippen molar-refractivity contribution >= 4 is 35.0 Å². The van der Waals surface area contributed by atoms with Crippen molar-refractivity contribution in [3.05, 3.63) is 70.0 Å². The van der Waals surface area contributed by atoms with Gasteiger partial charge in [0, 0.05) is 12.6 Å². The third-order valence-electron chi connectivity index (χ3n) is 5.14.